The summed E-state index contributed by atoms with van der Waals surface area (Å²) < 4.78 is 6.45. The Labute approximate surface area is 100 Å². The Balaban J connectivity index is 2.72. The molecule has 0 radical (unpaired) electrons. The minimum Gasteiger partial charge on any atom is -0.461 e. The minimum atomic E-state index is -0.502. The summed E-state index contributed by atoms with van der Waals surface area (Å²) in [6.07, 6.45) is 0.586. The summed E-state index contributed by atoms with van der Waals surface area (Å²) in [6, 6.07) is 0. The first-order valence-corrected chi connectivity index (χ1v) is 5.63. The number of rotatable bonds is 5. The van der Waals surface area contributed by atoms with Crippen molar-refractivity contribution in [1.29, 1.82) is 0 Å². The third-order valence-electron chi connectivity index (χ3n) is 2.46. The monoisotopic (exact) mass is 241 g/mol. The maximum absolute atomic E-state index is 11.8. The third kappa shape index (κ3) is 3.20. The van der Waals surface area contributed by atoms with E-state index in [9.17, 15) is 4.79 Å². The van der Waals surface area contributed by atoms with Gasteiger partial charge in [-0.25, -0.2) is 4.79 Å². The van der Waals surface area contributed by atoms with Crippen LogP contribution in [-0.4, -0.2) is 33.6 Å². The van der Waals surface area contributed by atoms with Gasteiger partial charge in [-0.2, -0.15) is 5.10 Å². The lowest BCUT2D eigenvalue weighted by molar-refractivity contribution is 0.0433. The lowest BCUT2D eigenvalue weighted by Crippen LogP contribution is -2.15. The number of nitrogens with zero attached hydrogens (tertiary/aromatic N) is 2. The number of hydrogen-bond acceptors (Lipinski definition) is 5. The maximum atomic E-state index is 11.8. The van der Waals surface area contributed by atoms with Crippen molar-refractivity contribution in [3.8, 4) is 0 Å². The number of aliphatic hydroxyl groups excluding tert-OH is 1. The zero-order valence-electron chi connectivity index (χ0n) is 10.4. The SMILES string of the molecule is CCc1nn(C)c(C(=O)OCCC(C)O)c1N. The Morgan fingerprint density at radius 2 is 2.29 bits per heavy atom. The van der Waals surface area contributed by atoms with Gasteiger partial charge in [-0.1, -0.05) is 6.92 Å². The Hall–Kier alpha value is -1.56. The highest BCUT2D eigenvalue weighted by Crippen LogP contribution is 2.17. The zero-order valence-corrected chi connectivity index (χ0v) is 10.4. The Kier molecular flexibility index (Phi) is 4.51. The van der Waals surface area contributed by atoms with Gasteiger partial charge in [0.15, 0.2) is 5.69 Å². The molecule has 1 rings (SSSR count). The van der Waals surface area contributed by atoms with Crippen molar-refractivity contribution in [2.24, 2.45) is 7.05 Å². The molecule has 1 heterocycles. The number of nitrogens with two attached hydrogens (primary N) is 1. The molecule has 0 saturated heterocycles. The first-order chi connectivity index (χ1) is 7.97. The van der Waals surface area contributed by atoms with Gasteiger partial charge in [0, 0.05) is 13.5 Å². The van der Waals surface area contributed by atoms with Crippen molar-refractivity contribution < 1.29 is 14.6 Å². The van der Waals surface area contributed by atoms with Gasteiger partial charge in [0.2, 0.25) is 0 Å². The van der Waals surface area contributed by atoms with Gasteiger partial charge in [0.1, 0.15) is 0 Å². The van der Waals surface area contributed by atoms with Crippen molar-refractivity contribution in [2.75, 3.05) is 12.3 Å². The molecular formula is C11H19N3O3. The lowest BCUT2D eigenvalue weighted by atomic mass is 10.2. The fourth-order valence-corrected chi connectivity index (χ4v) is 1.49. The van der Waals surface area contributed by atoms with Crippen LogP contribution in [0.2, 0.25) is 0 Å². The average molecular weight is 241 g/mol. The van der Waals surface area contributed by atoms with E-state index in [1.165, 1.54) is 4.68 Å². The van der Waals surface area contributed by atoms with Crippen molar-refractivity contribution >= 4 is 11.7 Å². The van der Waals surface area contributed by atoms with Gasteiger partial charge in [-0.05, 0) is 13.3 Å². The van der Waals surface area contributed by atoms with E-state index in [1.807, 2.05) is 6.92 Å². The van der Waals surface area contributed by atoms with Crippen molar-refractivity contribution in [3.05, 3.63) is 11.4 Å². The highest BCUT2D eigenvalue weighted by Gasteiger charge is 2.20. The molecule has 0 aliphatic carbocycles. The van der Waals surface area contributed by atoms with Crippen molar-refractivity contribution in [1.82, 2.24) is 9.78 Å². The van der Waals surface area contributed by atoms with E-state index in [2.05, 4.69) is 5.10 Å². The van der Waals surface area contributed by atoms with Crippen LogP contribution >= 0.6 is 0 Å². The van der Waals surface area contributed by atoms with Crippen LogP contribution in [0, 0.1) is 0 Å². The third-order valence-corrected chi connectivity index (χ3v) is 2.46. The zero-order chi connectivity index (χ0) is 13.0. The van der Waals surface area contributed by atoms with E-state index in [4.69, 9.17) is 15.6 Å². The second-order valence-corrected chi connectivity index (χ2v) is 3.96. The van der Waals surface area contributed by atoms with E-state index in [0.717, 1.165) is 0 Å². The number of anilines is 1. The molecule has 6 nitrogen and oxygen atoms in total. The Morgan fingerprint density at radius 1 is 1.65 bits per heavy atom. The van der Waals surface area contributed by atoms with E-state index in [0.29, 0.717) is 24.2 Å². The number of hydrogen-bond donors (Lipinski definition) is 2. The molecule has 0 amide bonds. The highest BCUT2D eigenvalue weighted by atomic mass is 16.5. The van der Waals surface area contributed by atoms with Crippen molar-refractivity contribution in [3.63, 3.8) is 0 Å². The van der Waals surface area contributed by atoms with E-state index < -0.39 is 12.1 Å². The lowest BCUT2D eigenvalue weighted by Gasteiger charge is -2.07. The van der Waals surface area contributed by atoms with Crippen LogP contribution in [0.25, 0.3) is 0 Å². The minimum absolute atomic E-state index is 0.169. The molecular weight excluding hydrogens is 222 g/mol. The summed E-state index contributed by atoms with van der Waals surface area (Å²) in [5.41, 5.74) is 7.15. The quantitative estimate of drug-likeness (QED) is 0.732. The predicted octanol–water partition coefficient (Wildman–Crippen LogP) is 0.492. The molecule has 0 bridgehead atoms. The molecule has 1 aromatic heterocycles. The highest BCUT2D eigenvalue weighted by molar-refractivity contribution is 5.93. The number of carbonyl (C=O) groups is 1. The normalized spacial score (nSPS) is 12.5. The molecule has 1 unspecified atom stereocenters. The Bertz CT molecular complexity index is 399. The summed E-state index contributed by atoms with van der Waals surface area (Å²) in [5, 5.41) is 13.2. The van der Waals surface area contributed by atoms with Crippen LogP contribution in [0.15, 0.2) is 0 Å². The number of aliphatic hydroxyl groups is 1. The van der Waals surface area contributed by atoms with Crippen LogP contribution in [0.1, 0.15) is 36.5 Å². The number of aromatic nitrogens is 2. The van der Waals surface area contributed by atoms with Crippen LogP contribution in [0.5, 0.6) is 0 Å². The molecule has 1 aromatic rings. The molecule has 17 heavy (non-hydrogen) atoms. The summed E-state index contributed by atoms with van der Waals surface area (Å²) in [7, 11) is 1.65. The topological polar surface area (TPSA) is 90.4 Å². The largest absolute Gasteiger partial charge is 0.461 e. The number of aryl methyl sites for hydroxylation is 2. The summed E-state index contributed by atoms with van der Waals surface area (Å²) in [6.45, 7) is 3.73. The first-order valence-electron chi connectivity index (χ1n) is 5.63. The first kappa shape index (κ1) is 13.5. The molecule has 1 atom stereocenters. The van der Waals surface area contributed by atoms with Crippen LogP contribution in [0.3, 0.4) is 0 Å². The molecule has 0 fully saturated rings. The molecule has 0 spiro atoms. The van der Waals surface area contributed by atoms with E-state index in [1.54, 1.807) is 14.0 Å². The summed E-state index contributed by atoms with van der Waals surface area (Å²) in [5.74, 6) is -0.502. The van der Waals surface area contributed by atoms with Gasteiger partial charge < -0.3 is 15.6 Å². The molecule has 0 aromatic carbocycles. The summed E-state index contributed by atoms with van der Waals surface area (Å²) >= 11 is 0. The van der Waals surface area contributed by atoms with Crippen LogP contribution < -0.4 is 5.73 Å². The van der Waals surface area contributed by atoms with Gasteiger partial charge in [-0.15, -0.1) is 0 Å². The van der Waals surface area contributed by atoms with Gasteiger partial charge in [0.05, 0.1) is 24.1 Å². The number of esters is 1. The van der Waals surface area contributed by atoms with Gasteiger partial charge in [0.25, 0.3) is 0 Å². The van der Waals surface area contributed by atoms with E-state index >= 15 is 0 Å². The second kappa shape index (κ2) is 5.67. The van der Waals surface area contributed by atoms with Crippen LogP contribution in [-0.2, 0) is 18.2 Å². The number of ether oxygens (including phenoxy) is 1. The van der Waals surface area contributed by atoms with Gasteiger partial charge in [-0.3, -0.25) is 4.68 Å². The second-order valence-electron chi connectivity index (χ2n) is 3.96. The molecule has 0 aliphatic heterocycles. The van der Waals surface area contributed by atoms with Crippen LogP contribution in [0.4, 0.5) is 5.69 Å². The number of carbonyl (C=O) groups excluding carboxylic acids is 1. The molecule has 0 aliphatic rings. The smallest absolute Gasteiger partial charge is 0.358 e. The summed E-state index contributed by atoms with van der Waals surface area (Å²) in [4.78, 5) is 11.8. The molecule has 96 valence electrons. The molecule has 0 saturated carbocycles. The standard InChI is InChI=1S/C11H19N3O3/c1-4-8-9(12)10(14(3)13-8)11(16)17-6-5-7(2)15/h7,15H,4-6,12H2,1-3H3. The van der Waals surface area contributed by atoms with Crippen molar-refractivity contribution in [2.45, 2.75) is 32.8 Å². The maximum Gasteiger partial charge on any atom is 0.358 e. The molecule has 6 heteroatoms. The fourth-order valence-electron chi connectivity index (χ4n) is 1.49. The predicted molar refractivity (Wildman–Crippen MR) is 63.6 cm³/mol. The Morgan fingerprint density at radius 3 is 2.76 bits per heavy atom. The average Bonchev–Trinajstić information content (AvgIpc) is 2.53. The van der Waals surface area contributed by atoms with E-state index in [-0.39, 0.29) is 12.3 Å². The number of nitrogen functional groups attached to an aromatic ring is 1. The van der Waals surface area contributed by atoms with Gasteiger partial charge >= 0.3 is 5.97 Å². The molecule has 3 N–H and O–H groups in total. The fraction of sp³-hybridized carbons (Fsp3) is 0.636.